The Morgan fingerprint density at radius 1 is 1.32 bits per heavy atom. The minimum Gasteiger partial charge on any atom is -0.504 e. The van der Waals surface area contributed by atoms with Crippen LogP contribution in [0.25, 0.3) is 11.3 Å². The Labute approximate surface area is 160 Å². The van der Waals surface area contributed by atoms with Crippen LogP contribution in [0.5, 0.6) is 11.5 Å². The van der Waals surface area contributed by atoms with Crippen molar-refractivity contribution in [2.45, 2.75) is 37.1 Å². The SMILES string of the molecule is C[C@@H]1CC(=O)N1[C@@H](C(=O)O)[C@](C)(c1cc(-c2ccc(O)c(O)c2)on1)[SH](=O)=O. The van der Waals surface area contributed by atoms with E-state index in [4.69, 9.17) is 4.52 Å². The van der Waals surface area contributed by atoms with E-state index in [1.165, 1.54) is 31.2 Å². The number of hydrogen-bond donors (Lipinski definition) is 4. The monoisotopic (exact) mass is 410 g/mol. The van der Waals surface area contributed by atoms with Gasteiger partial charge in [0.15, 0.2) is 34.0 Å². The molecule has 3 N–H and O–H groups in total. The highest BCUT2D eigenvalue weighted by Gasteiger charge is 2.55. The lowest BCUT2D eigenvalue weighted by Gasteiger charge is -2.46. The molecule has 1 aliphatic rings. The fourth-order valence-corrected chi connectivity index (χ4v) is 4.01. The molecule has 0 bridgehead atoms. The van der Waals surface area contributed by atoms with Crippen molar-refractivity contribution in [1.29, 1.82) is 0 Å². The predicted molar refractivity (Wildman–Crippen MR) is 95.3 cm³/mol. The summed E-state index contributed by atoms with van der Waals surface area (Å²) in [5.41, 5.74) is 0.100. The van der Waals surface area contributed by atoms with E-state index in [0.29, 0.717) is 0 Å². The first kappa shape index (κ1) is 19.7. The Balaban J connectivity index is 2.09. The number of benzene rings is 1. The third kappa shape index (κ3) is 2.97. The summed E-state index contributed by atoms with van der Waals surface area (Å²) in [5, 5.41) is 32.4. The Morgan fingerprint density at radius 2 is 2.00 bits per heavy atom. The van der Waals surface area contributed by atoms with Gasteiger partial charge in [0, 0.05) is 24.1 Å². The third-order valence-corrected chi connectivity index (χ3v) is 6.18. The average Bonchev–Trinajstić information content (AvgIpc) is 3.11. The summed E-state index contributed by atoms with van der Waals surface area (Å²) in [7, 11) is -3.39. The first-order valence-corrected chi connectivity index (χ1v) is 9.43. The Kier molecular flexibility index (Phi) is 4.79. The summed E-state index contributed by atoms with van der Waals surface area (Å²) < 4.78 is 27.4. The molecule has 0 spiro atoms. The average molecular weight is 410 g/mol. The maximum Gasteiger partial charge on any atom is 0.328 e. The van der Waals surface area contributed by atoms with Gasteiger partial charge in [-0.1, -0.05) is 5.16 Å². The van der Waals surface area contributed by atoms with Crippen LogP contribution in [-0.4, -0.2) is 57.8 Å². The number of carbonyl (C=O) groups excluding carboxylic acids is 1. The van der Waals surface area contributed by atoms with Crippen molar-refractivity contribution in [2.75, 3.05) is 0 Å². The van der Waals surface area contributed by atoms with Crippen molar-refractivity contribution in [3.63, 3.8) is 0 Å². The molecule has 0 unspecified atom stereocenters. The van der Waals surface area contributed by atoms with Crippen LogP contribution < -0.4 is 0 Å². The molecule has 1 aromatic heterocycles. The highest BCUT2D eigenvalue weighted by Crippen LogP contribution is 2.39. The van der Waals surface area contributed by atoms with Gasteiger partial charge in [-0.2, -0.15) is 0 Å². The fraction of sp³-hybridized carbons (Fsp3) is 0.353. The molecule has 1 aromatic carbocycles. The van der Waals surface area contributed by atoms with E-state index < -0.39 is 45.2 Å². The van der Waals surface area contributed by atoms with Crippen LogP contribution in [0.1, 0.15) is 26.0 Å². The van der Waals surface area contributed by atoms with Gasteiger partial charge in [-0.3, -0.25) is 4.79 Å². The first-order chi connectivity index (χ1) is 13.1. The molecule has 150 valence electrons. The predicted octanol–water partition coefficient (Wildman–Crippen LogP) is 0.653. The number of β-lactam (4-membered cyclic amide) rings is 1. The Hall–Kier alpha value is -3.08. The smallest absolute Gasteiger partial charge is 0.328 e. The van der Waals surface area contributed by atoms with Gasteiger partial charge in [0.2, 0.25) is 5.91 Å². The number of carboxylic acids is 1. The number of carboxylic acid groups (broad SMARTS) is 1. The Morgan fingerprint density at radius 3 is 2.50 bits per heavy atom. The molecule has 2 aromatic rings. The van der Waals surface area contributed by atoms with Crippen molar-refractivity contribution in [2.24, 2.45) is 0 Å². The molecule has 3 rings (SSSR count). The van der Waals surface area contributed by atoms with Gasteiger partial charge >= 0.3 is 5.97 Å². The first-order valence-electron chi connectivity index (χ1n) is 8.25. The van der Waals surface area contributed by atoms with Crippen LogP contribution in [0, 0.1) is 0 Å². The molecule has 1 aliphatic heterocycles. The summed E-state index contributed by atoms with van der Waals surface area (Å²) >= 11 is 0. The lowest BCUT2D eigenvalue weighted by atomic mass is 9.89. The molecule has 2 heterocycles. The van der Waals surface area contributed by atoms with Crippen LogP contribution in [0.15, 0.2) is 28.8 Å². The van der Waals surface area contributed by atoms with E-state index in [1.807, 2.05) is 0 Å². The topological polar surface area (TPSA) is 158 Å². The largest absolute Gasteiger partial charge is 0.504 e. The van der Waals surface area contributed by atoms with Crippen LogP contribution in [0.2, 0.25) is 0 Å². The molecular weight excluding hydrogens is 392 g/mol. The molecule has 11 heteroatoms. The summed E-state index contributed by atoms with van der Waals surface area (Å²) in [4.78, 5) is 24.9. The van der Waals surface area contributed by atoms with Gasteiger partial charge in [0.25, 0.3) is 0 Å². The quantitative estimate of drug-likeness (QED) is 0.305. The molecule has 1 amide bonds. The van der Waals surface area contributed by atoms with Gasteiger partial charge in [-0.15, -0.1) is 0 Å². The second-order valence-electron chi connectivity index (χ2n) is 6.78. The number of aromatic hydroxyl groups is 2. The fourth-order valence-electron chi connectivity index (χ4n) is 3.28. The number of thiol groups is 1. The van der Waals surface area contributed by atoms with Crippen molar-refractivity contribution in [3.8, 4) is 22.8 Å². The maximum atomic E-state index is 12.2. The molecule has 1 saturated heterocycles. The maximum absolute atomic E-state index is 12.2. The van der Waals surface area contributed by atoms with Crippen molar-refractivity contribution in [1.82, 2.24) is 10.1 Å². The van der Waals surface area contributed by atoms with Crippen LogP contribution in [-0.2, 0) is 25.0 Å². The van der Waals surface area contributed by atoms with E-state index in [0.717, 1.165) is 4.90 Å². The number of nitrogens with zero attached hydrogens (tertiary/aromatic N) is 2. The van der Waals surface area contributed by atoms with Gasteiger partial charge in [0.1, 0.15) is 10.4 Å². The number of phenolic OH excluding ortho intramolecular Hbond substituents is 2. The lowest BCUT2D eigenvalue weighted by molar-refractivity contribution is -0.163. The van der Waals surface area contributed by atoms with Gasteiger partial charge < -0.3 is 24.7 Å². The number of hydrogen-bond acceptors (Lipinski definition) is 8. The standard InChI is InChI=1S/C17H18N2O8S/c1-8-5-14(22)19(8)15(16(23)24)17(2,28(25)26)13-7-12(27-18-13)9-3-4-10(20)11(21)6-9/h3-4,6-8,15,20-21,28H,5H2,1-2H3,(H,23,24)/t8-,15+,17+/m1/s1. The summed E-state index contributed by atoms with van der Waals surface area (Å²) in [6, 6.07) is 2.93. The summed E-state index contributed by atoms with van der Waals surface area (Å²) in [5.74, 6) is -2.66. The second-order valence-corrected chi connectivity index (χ2v) is 8.22. The normalized spacial score (nSPS) is 19.9. The van der Waals surface area contributed by atoms with Crippen molar-refractivity contribution < 1.29 is 37.8 Å². The number of aliphatic carboxylic acids is 1. The lowest BCUT2D eigenvalue weighted by Crippen LogP contribution is -2.65. The van der Waals surface area contributed by atoms with E-state index in [2.05, 4.69) is 5.16 Å². The summed E-state index contributed by atoms with van der Waals surface area (Å²) in [6.07, 6.45) is 0.131. The number of likely N-dealkylation sites (tertiary alicyclic amines) is 1. The molecule has 3 atom stereocenters. The number of rotatable bonds is 6. The zero-order chi connectivity index (χ0) is 20.8. The number of amides is 1. The highest BCUT2D eigenvalue weighted by molar-refractivity contribution is 7.73. The number of aromatic nitrogens is 1. The third-order valence-electron chi connectivity index (χ3n) is 4.95. The van der Waals surface area contributed by atoms with Crippen molar-refractivity contribution >= 4 is 22.6 Å². The molecule has 28 heavy (non-hydrogen) atoms. The molecule has 1 fully saturated rings. The van der Waals surface area contributed by atoms with Crippen molar-refractivity contribution in [3.05, 3.63) is 30.0 Å². The van der Waals surface area contributed by atoms with Gasteiger partial charge in [0.05, 0.1) is 0 Å². The molecule has 0 saturated carbocycles. The molecule has 0 radical (unpaired) electrons. The van der Waals surface area contributed by atoms with E-state index >= 15 is 0 Å². The summed E-state index contributed by atoms with van der Waals surface area (Å²) in [6.45, 7) is 2.80. The van der Waals surface area contributed by atoms with Crippen LogP contribution in [0.3, 0.4) is 0 Å². The molecular formula is C17H18N2O8S. The zero-order valence-electron chi connectivity index (χ0n) is 14.9. The van der Waals surface area contributed by atoms with E-state index in [9.17, 15) is 33.3 Å². The minimum absolute atomic E-state index is 0.0560. The number of phenols is 2. The van der Waals surface area contributed by atoms with Crippen LogP contribution >= 0.6 is 0 Å². The molecule has 0 aliphatic carbocycles. The number of carbonyl (C=O) groups is 2. The minimum atomic E-state index is -3.39. The van der Waals surface area contributed by atoms with Gasteiger partial charge in [-0.25, -0.2) is 13.2 Å². The van der Waals surface area contributed by atoms with Crippen LogP contribution in [0.4, 0.5) is 0 Å². The highest BCUT2D eigenvalue weighted by atomic mass is 32.2. The second kappa shape index (κ2) is 6.82. The van der Waals surface area contributed by atoms with E-state index in [-0.39, 0.29) is 29.2 Å². The zero-order valence-corrected chi connectivity index (χ0v) is 15.8. The van der Waals surface area contributed by atoms with E-state index in [1.54, 1.807) is 6.92 Å². The Bertz CT molecular complexity index is 1020. The van der Waals surface area contributed by atoms with Gasteiger partial charge in [-0.05, 0) is 32.0 Å². The molecule has 10 nitrogen and oxygen atoms in total.